The van der Waals surface area contributed by atoms with Crippen LogP contribution in [0.15, 0.2) is 33.3 Å². The fourth-order valence-corrected chi connectivity index (χ4v) is 3.10. The topological polar surface area (TPSA) is 29.4 Å². The Balaban J connectivity index is 2.60. The molecule has 0 unspecified atom stereocenters. The van der Waals surface area contributed by atoms with Crippen molar-refractivity contribution in [2.75, 3.05) is 0 Å². The average molecular weight is 283 g/mol. The van der Waals surface area contributed by atoms with E-state index >= 15 is 0 Å². The van der Waals surface area contributed by atoms with Crippen molar-refractivity contribution in [3.05, 3.63) is 39.5 Å². The van der Waals surface area contributed by atoms with Gasteiger partial charge in [0.25, 0.3) is 0 Å². The Morgan fingerprint density at radius 2 is 2.15 bits per heavy atom. The molecular formula is C10H6INO. The van der Waals surface area contributed by atoms with Gasteiger partial charge in [-0.1, -0.05) is 45.0 Å². The second-order valence-corrected chi connectivity index (χ2v) is 4.48. The highest BCUT2D eigenvalue weighted by atomic mass is 127. The van der Waals surface area contributed by atoms with Gasteiger partial charge in [0.15, 0.2) is 0 Å². The lowest BCUT2D eigenvalue weighted by atomic mass is 10.1. The number of benzene rings is 1. The van der Waals surface area contributed by atoms with Crippen molar-refractivity contribution in [3.8, 4) is 0 Å². The standard InChI is InChI=1S/C10H6INO/c13-7-12-10-6-11-5-8-3-1-2-4-9(8)10/h1-6H. The van der Waals surface area contributed by atoms with Crippen LogP contribution in [0.1, 0.15) is 11.1 Å². The molecule has 1 aromatic rings. The summed E-state index contributed by atoms with van der Waals surface area (Å²) in [5.74, 6) is 0. The Hall–Kier alpha value is -1.06. The van der Waals surface area contributed by atoms with E-state index in [9.17, 15) is 4.79 Å². The van der Waals surface area contributed by atoms with E-state index in [4.69, 9.17) is 0 Å². The number of isocyanates is 1. The Morgan fingerprint density at radius 3 is 3.00 bits per heavy atom. The lowest BCUT2D eigenvalue weighted by Crippen LogP contribution is -1.91. The first-order valence-corrected chi connectivity index (χ1v) is 6.23. The molecule has 2 nitrogen and oxygen atoms in total. The van der Waals surface area contributed by atoms with E-state index in [1.54, 1.807) is 6.08 Å². The summed E-state index contributed by atoms with van der Waals surface area (Å²) in [5, 5.41) is 0. The molecule has 0 saturated carbocycles. The molecule has 1 heterocycles. The largest absolute Gasteiger partial charge is 0.240 e. The molecule has 2 rings (SSSR count). The van der Waals surface area contributed by atoms with Crippen LogP contribution in [-0.2, 0) is 4.79 Å². The number of aliphatic imine (C=N–C) groups is 1. The molecule has 0 aliphatic carbocycles. The number of hydrogen-bond acceptors (Lipinski definition) is 2. The highest BCUT2D eigenvalue weighted by Crippen LogP contribution is 2.26. The van der Waals surface area contributed by atoms with Crippen LogP contribution in [0.2, 0.25) is 0 Å². The molecule has 3 heteroatoms. The zero-order valence-corrected chi connectivity index (χ0v) is 8.86. The van der Waals surface area contributed by atoms with Crippen LogP contribution in [-0.4, -0.2) is 10.1 Å². The SMILES string of the molecule is O=C=NC1=CI=Cc2ccccc21. The minimum Gasteiger partial charge on any atom is -0.211 e. The van der Waals surface area contributed by atoms with E-state index in [1.807, 2.05) is 28.3 Å². The van der Waals surface area contributed by atoms with E-state index in [-0.39, 0.29) is 20.7 Å². The molecule has 13 heavy (non-hydrogen) atoms. The molecule has 0 radical (unpaired) electrons. The van der Waals surface area contributed by atoms with Gasteiger partial charge in [-0.3, -0.25) is 0 Å². The maximum absolute atomic E-state index is 10.2. The Bertz CT molecular complexity index is 442. The highest BCUT2D eigenvalue weighted by Gasteiger charge is 2.06. The molecule has 1 aromatic carbocycles. The summed E-state index contributed by atoms with van der Waals surface area (Å²) in [6.45, 7) is 0. The Labute approximate surface area is 85.7 Å². The predicted octanol–water partition coefficient (Wildman–Crippen LogP) is 2.46. The second-order valence-electron chi connectivity index (χ2n) is 2.52. The summed E-state index contributed by atoms with van der Waals surface area (Å²) >= 11 is -0.0866. The Kier molecular flexibility index (Phi) is 2.47. The number of fused-ring (bicyclic) bond motifs is 1. The van der Waals surface area contributed by atoms with Gasteiger partial charge in [0.1, 0.15) is 0 Å². The third-order valence-electron chi connectivity index (χ3n) is 1.75. The predicted molar refractivity (Wildman–Crippen MR) is 61.7 cm³/mol. The average Bonchev–Trinajstić information content (AvgIpc) is 2.19. The van der Waals surface area contributed by atoms with Crippen LogP contribution >= 0.6 is 20.7 Å². The first-order valence-electron chi connectivity index (χ1n) is 3.74. The lowest BCUT2D eigenvalue weighted by molar-refractivity contribution is 0.565. The van der Waals surface area contributed by atoms with Crippen LogP contribution in [0, 0.1) is 0 Å². The summed E-state index contributed by atoms with van der Waals surface area (Å²) in [4.78, 5) is 13.8. The molecule has 0 aromatic heterocycles. The van der Waals surface area contributed by atoms with Crippen molar-refractivity contribution in [3.63, 3.8) is 0 Å². The van der Waals surface area contributed by atoms with E-state index in [1.165, 1.54) is 5.56 Å². The summed E-state index contributed by atoms with van der Waals surface area (Å²) < 4.78 is 4.25. The third-order valence-corrected chi connectivity index (χ3v) is 3.73. The summed E-state index contributed by atoms with van der Waals surface area (Å²) in [7, 11) is 0. The summed E-state index contributed by atoms with van der Waals surface area (Å²) in [6.07, 6.45) is 1.59. The van der Waals surface area contributed by atoms with Gasteiger partial charge in [-0.15, -0.1) is 0 Å². The van der Waals surface area contributed by atoms with Gasteiger partial charge in [0.05, 0.1) is 5.70 Å². The van der Waals surface area contributed by atoms with Crippen LogP contribution in [0.5, 0.6) is 0 Å². The van der Waals surface area contributed by atoms with Gasteiger partial charge in [0, 0.05) is 5.56 Å². The fraction of sp³-hybridized carbons (Fsp3) is 0. The molecule has 1 aliphatic rings. The third kappa shape index (κ3) is 1.66. The molecule has 0 saturated heterocycles. The van der Waals surface area contributed by atoms with E-state index < -0.39 is 0 Å². The van der Waals surface area contributed by atoms with Crippen molar-refractivity contribution < 1.29 is 4.79 Å². The van der Waals surface area contributed by atoms with Crippen molar-refractivity contribution in [1.82, 2.24) is 0 Å². The highest BCUT2D eigenvalue weighted by molar-refractivity contribution is 14.2. The molecule has 1 aliphatic heterocycles. The number of carbonyl (C=O) groups excluding carboxylic acids is 1. The number of halogens is 1. The monoisotopic (exact) mass is 283 g/mol. The molecular weight excluding hydrogens is 277 g/mol. The Morgan fingerprint density at radius 1 is 1.31 bits per heavy atom. The molecule has 0 N–H and O–H groups in total. The van der Waals surface area contributed by atoms with Gasteiger partial charge in [-0.05, 0) is 13.7 Å². The van der Waals surface area contributed by atoms with Gasteiger partial charge < -0.3 is 0 Å². The van der Waals surface area contributed by atoms with E-state index in [0.29, 0.717) is 0 Å². The van der Waals surface area contributed by atoms with Gasteiger partial charge >= 0.3 is 0 Å². The molecule has 0 amide bonds. The number of nitrogens with zero attached hydrogens (tertiary/aromatic N) is 1. The van der Waals surface area contributed by atoms with Crippen LogP contribution in [0.4, 0.5) is 0 Å². The van der Waals surface area contributed by atoms with Gasteiger partial charge in [-0.2, -0.15) is 4.99 Å². The van der Waals surface area contributed by atoms with Gasteiger partial charge in [-0.25, -0.2) is 4.79 Å². The smallest absolute Gasteiger partial charge is 0.211 e. The van der Waals surface area contributed by atoms with Crippen LogP contribution in [0.3, 0.4) is 0 Å². The van der Waals surface area contributed by atoms with Crippen molar-refractivity contribution >= 4 is 36.5 Å². The van der Waals surface area contributed by atoms with Crippen LogP contribution in [0.25, 0.3) is 5.70 Å². The molecule has 0 bridgehead atoms. The fourth-order valence-electron chi connectivity index (χ4n) is 1.18. The first kappa shape index (κ1) is 8.53. The van der Waals surface area contributed by atoms with E-state index in [2.05, 4.69) is 9.00 Å². The zero-order valence-electron chi connectivity index (χ0n) is 6.70. The van der Waals surface area contributed by atoms with Crippen molar-refractivity contribution in [2.24, 2.45) is 4.99 Å². The number of rotatable bonds is 1. The van der Waals surface area contributed by atoms with Crippen molar-refractivity contribution in [2.45, 2.75) is 0 Å². The first-order chi connectivity index (χ1) is 6.42. The molecule has 0 spiro atoms. The van der Waals surface area contributed by atoms with Crippen LogP contribution < -0.4 is 0 Å². The maximum atomic E-state index is 10.2. The zero-order chi connectivity index (χ0) is 9.10. The lowest BCUT2D eigenvalue weighted by Gasteiger charge is -2.07. The molecule has 64 valence electrons. The van der Waals surface area contributed by atoms with Crippen molar-refractivity contribution in [1.29, 1.82) is 0 Å². The number of hydrogen-bond donors (Lipinski definition) is 0. The molecule has 0 fully saturated rings. The molecule has 0 atom stereocenters. The van der Waals surface area contributed by atoms with Gasteiger partial charge in [0.2, 0.25) is 6.08 Å². The second kappa shape index (κ2) is 3.77. The summed E-state index contributed by atoms with van der Waals surface area (Å²) in [5.41, 5.74) is 3.00. The minimum absolute atomic E-state index is 0.0866. The quantitative estimate of drug-likeness (QED) is 0.442. The van der Waals surface area contributed by atoms with E-state index in [0.717, 1.165) is 11.3 Å². The minimum atomic E-state index is -0.0866. The summed E-state index contributed by atoms with van der Waals surface area (Å²) in [6, 6.07) is 7.96. The normalized spacial score (nSPS) is 13.4. The maximum Gasteiger partial charge on any atom is 0.240 e.